The second kappa shape index (κ2) is 23.4. The molecule has 0 radical (unpaired) electrons. The van der Waals surface area contributed by atoms with E-state index in [1.807, 2.05) is 11.8 Å². The highest BCUT2D eigenvalue weighted by Crippen LogP contribution is 2.17. The molecular formula is C25H50INO3S2. The quantitative estimate of drug-likeness (QED) is 0.0666. The van der Waals surface area contributed by atoms with E-state index in [-0.39, 0.29) is 17.5 Å². The van der Waals surface area contributed by atoms with Crippen molar-refractivity contribution in [1.29, 1.82) is 0 Å². The summed E-state index contributed by atoms with van der Waals surface area (Å²) in [5, 5.41) is 0. The number of nitrogens with one attached hydrogen (secondary N) is 1. The molecular weight excluding hydrogens is 553 g/mol. The zero-order chi connectivity index (χ0) is 23.9. The molecule has 0 aliphatic heterocycles. The first kappa shape index (κ1) is 32.7. The van der Waals surface area contributed by atoms with E-state index < -0.39 is 10.0 Å². The molecule has 1 unspecified atom stereocenters. The van der Waals surface area contributed by atoms with Crippen LogP contribution in [0.5, 0.6) is 0 Å². The summed E-state index contributed by atoms with van der Waals surface area (Å²) in [5.41, 5.74) is 0. The Bertz CT molecular complexity index is 529. The number of halogens is 1. The van der Waals surface area contributed by atoms with Crippen LogP contribution in [-0.2, 0) is 14.8 Å². The first-order valence-electron chi connectivity index (χ1n) is 13.0. The summed E-state index contributed by atoms with van der Waals surface area (Å²) in [6, 6.07) is 0. The Morgan fingerprint density at radius 1 is 0.844 bits per heavy atom. The van der Waals surface area contributed by atoms with Crippen LogP contribution in [0.2, 0.25) is 0 Å². The lowest BCUT2D eigenvalue weighted by Gasteiger charge is -2.16. The van der Waals surface area contributed by atoms with E-state index >= 15 is 0 Å². The van der Waals surface area contributed by atoms with Crippen molar-refractivity contribution in [2.75, 3.05) is 28.2 Å². The van der Waals surface area contributed by atoms with Gasteiger partial charge in [-0.1, -0.05) is 113 Å². The van der Waals surface area contributed by atoms with Gasteiger partial charge in [0, 0.05) is 17.4 Å². The van der Waals surface area contributed by atoms with Gasteiger partial charge in [0.25, 0.3) is 0 Å². The largest absolute Gasteiger partial charge is 0.300 e. The number of hydrogen-bond acceptors (Lipinski definition) is 4. The third-order valence-electron chi connectivity index (χ3n) is 5.71. The average Bonchev–Trinajstić information content (AvgIpc) is 2.75. The van der Waals surface area contributed by atoms with Gasteiger partial charge in [0.1, 0.15) is 5.78 Å². The minimum Gasteiger partial charge on any atom is -0.300 e. The monoisotopic (exact) mass is 603 g/mol. The fourth-order valence-corrected chi connectivity index (χ4v) is 7.01. The number of carbonyl (C=O) groups excluding carboxylic acids is 1. The first-order chi connectivity index (χ1) is 15.4. The molecule has 0 fully saturated rings. The molecule has 7 heteroatoms. The van der Waals surface area contributed by atoms with Gasteiger partial charge in [-0.3, -0.25) is 0 Å². The molecule has 1 N–H and O–H groups in total. The standard InChI is InChI=1S/C25H50INO3S2/c1-3-4-5-6-7-8-9-10-11-12-13-14-15-16-19-31-23-25(21-24(2)28)22-27-32(29,30)20-17-18-26/h25,27H,3-23H2,1-2H3. The Balaban J connectivity index is 3.64. The molecule has 0 amide bonds. The van der Waals surface area contributed by atoms with Gasteiger partial charge < -0.3 is 4.79 Å². The minimum absolute atomic E-state index is 0.0959. The Morgan fingerprint density at radius 2 is 1.34 bits per heavy atom. The Labute approximate surface area is 217 Å². The van der Waals surface area contributed by atoms with Gasteiger partial charge in [-0.25, -0.2) is 13.1 Å². The zero-order valence-electron chi connectivity index (χ0n) is 20.8. The molecule has 0 heterocycles. The third kappa shape index (κ3) is 23.8. The molecule has 0 saturated carbocycles. The fourth-order valence-electron chi connectivity index (χ4n) is 3.81. The van der Waals surface area contributed by atoms with Gasteiger partial charge in [-0.05, 0) is 37.2 Å². The van der Waals surface area contributed by atoms with E-state index in [0.717, 1.165) is 15.9 Å². The van der Waals surface area contributed by atoms with Crippen LogP contribution < -0.4 is 4.72 Å². The molecule has 0 aromatic carbocycles. The Morgan fingerprint density at radius 3 is 1.81 bits per heavy atom. The number of carbonyl (C=O) groups is 1. The van der Waals surface area contributed by atoms with Crippen molar-refractivity contribution in [3.05, 3.63) is 0 Å². The van der Waals surface area contributed by atoms with Crippen LogP contribution in [-0.4, -0.2) is 42.4 Å². The summed E-state index contributed by atoms with van der Waals surface area (Å²) in [5.74, 6) is 2.37. The van der Waals surface area contributed by atoms with Crippen LogP contribution in [0.15, 0.2) is 0 Å². The maximum absolute atomic E-state index is 12.0. The molecule has 0 bridgehead atoms. The molecule has 192 valence electrons. The number of hydrogen-bond donors (Lipinski definition) is 1. The highest BCUT2D eigenvalue weighted by Gasteiger charge is 2.16. The Kier molecular flexibility index (Phi) is 23.9. The van der Waals surface area contributed by atoms with Crippen molar-refractivity contribution in [2.45, 2.75) is 117 Å². The molecule has 0 aliphatic carbocycles. The van der Waals surface area contributed by atoms with Crippen LogP contribution in [0.4, 0.5) is 0 Å². The number of alkyl halides is 1. The van der Waals surface area contributed by atoms with Gasteiger partial charge in [-0.2, -0.15) is 11.8 Å². The summed E-state index contributed by atoms with van der Waals surface area (Å²) in [4.78, 5) is 11.5. The van der Waals surface area contributed by atoms with Crippen molar-refractivity contribution < 1.29 is 13.2 Å². The van der Waals surface area contributed by atoms with Crippen LogP contribution in [0.1, 0.15) is 117 Å². The highest BCUT2D eigenvalue weighted by atomic mass is 127. The minimum atomic E-state index is -3.21. The topological polar surface area (TPSA) is 63.2 Å². The lowest BCUT2D eigenvalue weighted by atomic mass is 10.0. The van der Waals surface area contributed by atoms with Crippen LogP contribution >= 0.6 is 34.4 Å². The summed E-state index contributed by atoms with van der Waals surface area (Å²) < 4.78 is 27.5. The van der Waals surface area contributed by atoms with Crippen molar-refractivity contribution in [3.63, 3.8) is 0 Å². The van der Waals surface area contributed by atoms with E-state index in [2.05, 4.69) is 34.2 Å². The summed E-state index contributed by atoms with van der Waals surface area (Å²) in [7, 11) is -3.21. The maximum Gasteiger partial charge on any atom is 0.211 e. The fraction of sp³-hybridized carbons (Fsp3) is 0.960. The first-order valence-corrected chi connectivity index (χ1v) is 17.3. The van der Waals surface area contributed by atoms with Gasteiger partial charge in [0.15, 0.2) is 0 Å². The molecule has 32 heavy (non-hydrogen) atoms. The normalized spacial score (nSPS) is 12.8. The second-order valence-electron chi connectivity index (χ2n) is 9.15. The highest BCUT2D eigenvalue weighted by molar-refractivity contribution is 14.1. The number of unbranched alkanes of at least 4 members (excludes halogenated alkanes) is 13. The maximum atomic E-state index is 12.0. The van der Waals surface area contributed by atoms with Crippen molar-refractivity contribution in [2.24, 2.45) is 5.92 Å². The molecule has 1 atom stereocenters. The van der Waals surface area contributed by atoms with E-state index in [1.54, 1.807) is 6.92 Å². The summed E-state index contributed by atoms with van der Waals surface area (Å²) in [6.07, 6.45) is 20.3. The summed E-state index contributed by atoms with van der Waals surface area (Å²) >= 11 is 4.06. The molecule has 4 nitrogen and oxygen atoms in total. The van der Waals surface area contributed by atoms with Crippen LogP contribution in [0.25, 0.3) is 0 Å². The van der Waals surface area contributed by atoms with E-state index in [0.29, 0.717) is 19.4 Å². The van der Waals surface area contributed by atoms with Gasteiger partial charge in [-0.15, -0.1) is 0 Å². The summed E-state index contributed by atoms with van der Waals surface area (Å²) in [6.45, 7) is 4.25. The Hall–Kier alpha value is 0.660. The predicted octanol–water partition coefficient (Wildman–Crippen LogP) is 7.54. The number of rotatable bonds is 25. The SMILES string of the molecule is CCCCCCCCCCCCCCCCSCC(CNS(=O)(=O)CCCI)CC(C)=O. The van der Waals surface area contributed by atoms with Gasteiger partial charge in [0.05, 0.1) is 5.75 Å². The molecule has 0 aliphatic rings. The molecule has 0 saturated heterocycles. The van der Waals surface area contributed by atoms with E-state index in [1.165, 1.54) is 89.9 Å². The second-order valence-corrected chi connectivity index (χ2v) is 13.3. The van der Waals surface area contributed by atoms with Crippen LogP contribution in [0.3, 0.4) is 0 Å². The van der Waals surface area contributed by atoms with E-state index in [9.17, 15) is 13.2 Å². The van der Waals surface area contributed by atoms with Crippen molar-refractivity contribution in [1.82, 2.24) is 4.72 Å². The lowest BCUT2D eigenvalue weighted by Crippen LogP contribution is -2.33. The van der Waals surface area contributed by atoms with E-state index in [4.69, 9.17) is 0 Å². The molecule has 0 rings (SSSR count). The van der Waals surface area contributed by atoms with Gasteiger partial charge in [0.2, 0.25) is 10.0 Å². The molecule has 0 aromatic heterocycles. The molecule has 0 aromatic rings. The third-order valence-corrected chi connectivity index (χ3v) is 9.19. The number of thioether (sulfide) groups is 1. The lowest BCUT2D eigenvalue weighted by molar-refractivity contribution is -0.117. The number of sulfonamides is 1. The van der Waals surface area contributed by atoms with Crippen molar-refractivity contribution >= 4 is 50.2 Å². The zero-order valence-corrected chi connectivity index (χ0v) is 24.6. The molecule has 0 spiro atoms. The van der Waals surface area contributed by atoms with Gasteiger partial charge >= 0.3 is 0 Å². The number of Topliss-reactive ketones (excluding diaryl/α,β-unsaturated/α-hetero) is 1. The average molecular weight is 604 g/mol. The van der Waals surface area contributed by atoms with Crippen molar-refractivity contribution in [3.8, 4) is 0 Å². The predicted molar refractivity (Wildman–Crippen MR) is 152 cm³/mol. The smallest absolute Gasteiger partial charge is 0.211 e. The van der Waals surface area contributed by atoms with Crippen LogP contribution in [0, 0.1) is 5.92 Å². The number of ketones is 1.